The zero-order chi connectivity index (χ0) is 15.7. The van der Waals surface area contributed by atoms with Crippen LogP contribution in [0.2, 0.25) is 0 Å². The molecule has 1 fully saturated rings. The number of carbonyl (C=O) groups excluding carboxylic acids is 2. The molecule has 4 nitrogen and oxygen atoms in total. The second-order valence-corrected chi connectivity index (χ2v) is 6.22. The molecular weight excluding hydrogens is 268 g/mol. The highest BCUT2D eigenvalue weighted by Gasteiger charge is 2.47. The van der Waals surface area contributed by atoms with Gasteiger partial charge in [-0.05, 0) is 25.7 Å². The average Bonchev–Trinajstić information content (AvgIpc) is 2.49. The fourth-order valence-electron chi connectivity index (χ4n) is 2.89. The van der Waals surface area contributed by atoms with Crippen LogP contribution in [0.5, 0.6) is 0 Å². The minimum Gasteiger partial charge on any atom is -0.466 e. The van der Waals surface area contributed by atoms with Crippen molar-refractivity contribution in [1.82, 2.24) is 0 Å². The van der Waals surface area contributed by atoms with Crippen LogP contribution in [0.15, 0.2) is 0 Å². The van der Waals surface area contributed by atoms with Gasteiger partial charge in [-0.15, -0.1) is 0 Å². The summed E-state index contributed by atoms with van der Waals surface area (Å²) in [4.78, 5) is 23.9. The average molecular weight is 298 g/mol. The molecule has 1 aliphatic heterocycles. The summed E-state index contributed by atoms with van der Waals surface area (Å²) in [5.41, 5.74) is -1.03. The van der Waals surface area contributed by atoms with Crippen molar-refractivity contribution in [3.8, 4) is 0 Å². The molecule has 0 aromatic carbocycles. The van der Waals surface area contributed by atoms with E-state index in [0.717, 1.165) is 12.8 Å². The summed E-state index contributed by atoms with van der Waals surface area (Å²) < 4.78 is 10.3. The van der Waals surface area contributed by atoms with Crippen molar-refractivity contribution in [2.24, 2.45) is 5.92 Å². The monoisotopic (exact) mass is 298 g/mol. The molecule has 0 bridgehead atoms. The number of rotatable bonds is 9. The summed E-state index contributed by atoms with van der Waals surface area (Å²) in [7, 11) is 1.36. The van der Waals surface area contributed by atoms with Gasteiger partial charge in [0.1, 0.15) is 0 Å². The second kappa shape index (κ2) is 9.06. The predicted molar refractivity (Wildman–Crippen MR) is 81.8 cm³/mol. The summed E-state index contributed by atoms with van der Waals surface area (Å²) in [5.74, 6) is -0.778. The Morgan fingerprint density at radius 2 is 1.86 bits per heavy atom. The molecule has 21 heavy (non-hydrogen) atoms. The Balaban J connectivity index is 2.41. The Bertz CT molecular complexity index is 340. The molecule has 0 aliphatic carbocycles. The van der Waals surface area contributed by atoms with Crippen molar-refractivity contribution in [3.05, 3.63) is 0 Å². The number of esters is 2. The first-order valence-corrected chi connectivity index (χ1v) is 8.37. The van der Waals surface area contributed by atoms with Crippen LogP contribution in [0, 0.1) is 5.92 Å². The van der Waals surface area contributed by atoms with E-state index in [9.17, 15) is 9.59 Å². The summed E-state index contributed by atoms with van der Waals surface area (Å²) in [6.45, 7) is 4.05. The molecular formula is C17H30O4. The molecule has 1 saturated heterocycles. The molecule has 0 amide bonds. The van der Waals surface area contributed by atoms with Gasteiger partial charge in [-0.2, -0.15) is 0 Å². The highest BCUT2D eigenvalue weighted by molar-refractivity contribution is 5.85. The maximum atomic E-state index is 12.0. The number of hydrogen-bond acceptors (Lipinski definition) is 4. The molecule has 0 radical (unpaired) electrons. The number of cyclic esters (lactones) is 1. The minimum atomic E-state index is -1.03. The Morgan fingerprint density at radius 1 is 1.24 bits per heavy atom. The van der Waals surface area contributed by atoms with E-state index in [1.54, 1.807) is 0 Å². The molecule has 0 aromatic rings. The quantitative estimate of drug-likeness (QED) is 0.476. The topological polar surface area (TPSA) is 52.6 Å². The first kappa shape index (κ1) is 18.0. The molecule has 4 heteroatoms. The standard InChI is InChI=1S/C17H30O4/c1-4-5-6-7-8-9-10-12-17(16(19)20-3)13-11-14(2)15(18)21-17/h14H,4-13H2,1-3H3/t14?,17-/m0/s1. The molecule has 1 unspecified atom stereocenters. The van der Waals surface area contributed by atoms with E-state index in [1.807, 2.05) is 6.92 Å². The van der Waals surface area contributed by atoms with Gasteiger partial charge < -0.3 is 9.47 Å². The third-order valence-electron chi connectivity index (χ3n) is 4.42. The van der Waals surface area contributed by atoms with E-state index in [0.29, 0.717) is 19.3 Å². The molecule has 0 spiro atoms. The van der Waals surface area contributed by atoms with Gasteiger partial charge in [0.15, 0.2) is 0 Å². The summed E-state index contributed by atoms with van der Waals surface area (Å²) in [6, 6.07) is 0. The van der Waals surface area contributed by atoms with Crippen molar-refractivity contribution in [1.29, 1.82) is 0 Å². The van der Waals surface area contributed by atoms with Gasteiger partial charge >= 0.3 is 11.9 Å². The largest absolute Gasteiger partial charge is 0.466 e. The number of methoxy groups -OCH3 is 1. The van der Waals surface area contributed by atoms with E-state index >= 15 is 0 Å². The zero-order valence-corrected chi connectivity index (χ0v) is 13.8. The van der Waals surface area contributed by atoms with E-state index in [4.69, 9.17) is 9.47 Å². The highest BCUT2D eigenvalue weighted by Crippen LogP contribution is 2.34. The van der Waals surface area contributed by atoms with Gasteiger partial charge in [0, 0.05) is 0 Å². The molecule has 1 rings (SSSR count). The molecule has 0 saturated carbocycles. The van der Waals surface area contributed by atoms with Crippen LogP contribution in [0.25, 0.3) is 0 Å². The number of unbranched alkanes of at least 4 members (excludes halogenated alkanes) is 6. The van der Waals surface area contributed by atoms with Crippen LogP contribution in [-0.2, 0) is 19.1 Å². The second-order valence-electron chi connectivity index (χ2n) is 6.22. The molecule has 0 aromatic heterocycles. The predicted octanol–water partition coefficient (Wildman–Crippen LogP) is 4.01. The molecule has 1 heterocycles. The van der Waals surface area contributed by atoms with Crippen molar-refractivity contribution < 1.29 is 19.1 Å². The lowest BCUT2D eigenvalue weighted by Gasteiger charge is -2.36. The molecule has 1 aliphatic rings. The summed E-state index contributed by atoms with van der Waals surface area (Å²) in [6.07, 6.45) is 10.1. The van der Waals surface area contributed by atoms with Crippen LogP contribution >= 0.6 is 0 Å². The van der Waals surface area contributed by atoms with Crippen molar-refractivity contribution in [2.45, 2.75) is 83.7 Å². The lowest BCUT2D eigenvalue weighted by atomic mass is 9.85. The van der Waals surface area contributed by atoms with Crippen molar-refractivity contribution >= 4 is 11.9 Å². The Labute approximate surface area is 128 Å². The smallest absolute Gasteiger partial charge is 0.350 e. The molecule has 122 valence electrons. The minimum absolute atomic E-state index is 0.114. The Kier molecular flexibility index (Phi) is 7.76. The van der Waals surface area contributed by atoms with Crippen LogP contribution in [0.4, 0.5) is 0 Å². The SMILES string of the molecule is CCCCCCCCC[C@@]1(C(=O)OC)CCC(C)C(=O)O1. The normalized spacial score (nSPS) is 25.5. The lowest BCUT2D eigenvalue weighted by molar-refractivity contribution is -0.192. The van der Waals surface area contributed by atoms with Crippen LogP contribution in [0.3, 0.4) is 0 Å². The fraction of sp³-hybridized carbons (Fsp3) is 0.882. The third-order valence-corrected chi connectivity index (χ3v) is 4.42. The van der Waals surface area contributed by atoms with Gasteiger partial charge in [-0.3, -0.25) is 4.79 Å². The van der Waals surface area contributed by atoms with E-state index < -0.39 is 11.6 Å². The highest BCUT2D eigenvalue weighted by atomic mass is 16.6. The van der Waals surface area contributed by atoms with Crippen molar-refractivity contribution in [2.75, 3.05) is 7.11 Å². The van der Waals surface area contributed by atoms with Crippen LogP contribution in [-0.4, -0.2) is 24.6 Å². The van der Waals surface area contributed by atoms with Gasteiger partial charge in [0.05, 0.1) is 13.0 Å². The molecule has 0 N–H and O–H groups in total. The van der Waals surface area contributed by atoms with Gasteiger partial charge in [0.25, 0.3) is 0 Å². The first-order chi connectivity index (χ1) is 10.1. The molecule has 2 atom stereocenters. The first-order valence-electron chi connectivity index (χ1n) is 8.37. The van der Waals surface area contributed by atoms with Gasteiger partial charge in [-0.25, -0.2) is 4.79 Å². The lowest BCUT2D eigenvalue weighted by Crippen LogP contribution is -2.48. The van der Waals surface area contributed by atoms with Crippen LogP contribution < -0.4 is 0 Å². The van der Waals surface area contributed by atoms with Crippen LogP contribution in [0.1, 0.15) is 78.1 Å². The van der Waals surface area contributed by atoms with E-state index in [1.165, 1.54) is 39.2 Å². The fourth-order valence-corrected chi connectivity index (χ4v) is 2.89. The summed E-state index contributed by atoms with van der Waals surface area (Å²) >= 11 is 0. The summed E-state index contributed by atoms with van der Waals surface area (Å²) in [5, 5.41) is 0. The third kappa shape index (κ3) is 5.33. The number of ether oxygens (including phenoxy) is 2. The number of carbonyl (C=O) groups is 2. The van der Waals surface area contributed by atoms with Crippen molar-refractivity contribution in [3.63, 3.8) is 0 Å². The Morgan fingerprint density at radius 3 is 2.43 bits per heavy atom. The van der Waals surface area contributed by atoms with E-state index in [-0.39, 0.29) is 11.9 Å². The van der Waals surface area contributed by atoms with E-state index in [2.05, 4.69) is 6.92 Å². The maximum Gasteiger partial charge on any atom is 0.350 e. The zero-order valence-electron chi connectivity index (χ0n) is 13.8. The Hall–Kier alpha value is -1.06. The van der Waals surface area contributed by atoms with Gasteiger partial charge in [0.2, 0.25) is 5.60 Å². The number of hydrogen-bond donors (Lipinski definition) is 0. The van der Waals surface area contributed by atoms with Gasteiger partial charge in [-0.1, -0.05) is 52.4 Å². The maximum absolute atomic E-state index is 12.0.